The minimum atomic E-state index is -4.48. The van der Waals surface area contributed by atoms with E-state index in [0.717, 1.165) is 31.4 Å². The molecule has 1 aliphatic carbocycles. The van der Waals surface area contributed by atoms with Gasteiger partial charge in [0.1, 0.15) is 18.5 Å². The van der Waals surface area contributed by atoms with E-state index in [2.05, 4.69) is 13.0 Å². The van der Waals surface area contributed by atoms with Crippen molar-refractivity contribution in [1.29, 1.82) is 0 Å². The molecular weight excluding hydrogens is 400 g/mol. The Labute approximate surface area is 175 Å². The van der Waals surface area contributed by atoms with Gasteiger partial charge in [0.15, 0.2) is 0 Å². The molecule has 5 atom stereocenters. The molecule has 1 aromatic rings. The number of hydrogen-bond donors (Lipinski definition) is 2. The monoisotopic (exact) mass is 432 g/mol. The molecule has 7 heteroatoms. The summed E-state index contributed by atoms with van der Waals surface area (Å²) < 4.78 is 57.7. The molecule has 1 aliphatic rings. The molecule has 0 amide bonds. The molecule has 30 heavy (non-hydrogen) atoms. The molecule has 0 radical (unpaired) electrons. The van der Waals surface area contributed by atoms with E-state index in [1.54, 1.807) is 0 Å². The Kier molecular flexibility index (Phi) is 9.62. The van der Waals surface area contributed by atoms with Gasteiger partial charge in [-0.25, -0.2) is 4.39 Å². The first-order valence-corrected chi connectivity index (χ1v) is 10.7. The van der Waals surface area contributed by atoms with Crippen molar-refractivity contribution in [1.82, 2.24) is 0 Å². The summed E-state index contributed by atoms with van der Waals surface area (Å²) in [6.45, 7) is 1.76. The van der Waals surface area contributed by atoms with Gasteiger partial charge in [-0.3, -0.25) is 0 Å². The van der Waals surface area contributed by atoms with Gasteiger partial charge >= 0.3 is 6.18 Å². The molecule has 170 valence electrons. The lowest BCUT2D eigenvalue weighted by molar-refractivity contribution is -0.137. The van der Waals surface area contributed by atoms with Crippen LogP contribution in [0.5, 0.6) is 5.75 Å². The van der Waals surface area contributed by atoms with Crippen LogP contribution in [0.1, 0.15) is 57.4 Å². The molecular formula is C23H32F4O3. The smallest absolute Gasteiger partial charge is 0.416 e. The van der Waals surface area contributed by atoms with Crippen molar-refractivity contribution in [2.24, 2.45) is 11.8 Å². The zero-order chi connectivity index (χ0) is 22.1. The van der Waals surface area contributed by atoms with Gasteiger partial charge in [0, 0.05) is 0 Å². The quantitative estimate of drug-likeness (QED) is 0.268. The Morgan fingerprint density at radius 3 is 2.60 bits per heavy atom. The molecule has 0 bridgehead atoms. The fraction of sp³-hybridized carbons (Fsp3) is 0.652. The lowest BCUT2D eigenvalue weighted by Gasteiger charge is -2.23. The van der Waals surface area contributed by atoms with Gasteiger partial charge in [-0.1, -0.05) is 38.0 Å². The molecule has 1 aromatic carbocycles. The van der Waals surface area contributed by atoms with Crippen LogP contribution in [-0.2, 0) is 6.18 Å². The van der Waals surface area contributed by atoms with E-state index in [0.29, 0.717) is 12.8 Å². The molecule has 1 saturated carbocycles. The van der Waals surface area contributed by atoms with E-state index >= 15 is 0 Å². The predicted molar refractivity (Wildman–Crippen MR) is 108 cm³/mol. The number of ether oxygens (including phenoxy) is 1. The fourth-order valence-corrected chi connectivity index (χ4v) is 4.00. The molecule has 0 saturated heterocycles. The van der Waals surface area contributed by atoms with Crippen molar-refractivity contribution in [3.63, 3.8) is 0 Å². The second-order valence-corrected chi connectivity index (χ2v) is 8.06. The van der Waals surface area contributed by atoms with Crippen LogP contribution in [0.4, 0.5) is 17.6 Å². The normalized spacial score (nSPS) is 25.7. The SMILES string of the molecule is CCCC/C=C\C[C@@H]1[C@@H](CC[C@@H](F)COc2cccc(C(F)(F)F)c2)[C@H](O)C[C@@H]1O. The van der Waals surface area contributed by atoms with Crippen molar-refractivity contribution >= 4 is 0 Å². The lowest BCUT2D eigenvalue weighted by Crippen LogP contribution is -2.24. The highest BCUT2D eigenvalue weighted by Gasteiger charge is 2.40. The van der Waals surface area contributed by atoms with Gasteiger partial charge in [-0.15, -0.1) is 0 Å². The Balaban J connectivity index is 1.82. The molecule has 1 fully saturated rings. The first-order chi connectivity index (χ1) is 14.2. The number of unbranched alkanes of at least 4 members (excludes halogenated alkanes) is 2. The van der Waals surface area contributed by atoms with Crippen LogP contribution >= 0.6 is 0 Å². The summed E-state index contributed by atoms with van der Waals surface area (Å²) in [5, 5.41) is 20.5. The van der Waals surface area contributed by atoms with Crippen LogP contribution in [0, 0.1) is 11.8 Å². The number of aliphatic hydroxyl groups excluding tert-OH is 2. The van der Waals surface area contributed by atoms with Crippen LogP contribution in [0.15, 0.2) is 36.4 Å². The predicted octanol–water partition coefficient (Wildman–Crippen LogP) is 5.70. The molecule has 0 aromatic heterocycles. The first kappa shape index (κ1) is 24.7. The minimum Gasteiger partial charge on any atom is -0.491 e. The van der Waals surface area contributed by atoms with Gasteiger partial charge < -0.3 is 14.9 Å². The van der Waals surface area contributed by atoms with Crippen molar-refractivity contribution < 1.29 is 32.5 Å². The Morgan fingerprint density at radius 1 is 1.17 bits per heavy atom. The third-order valence-electron chi connectivity index (χ3n) is 5.73. The second kappa shape index (κ2) is 11.7. The van der Waals surface area contributed by atoms with Crippen LogP contribution < -0.4 is 4.74 Å². The summed E-state index contributed by atoms with van der Waals surface area (Å²) in [5.41, 5.74) is -0.840. The van der Waals surface area contributed by atoms with E-state index in [-0.39, 0.29) is 37.0 Å². The van der Waals surface area contributed by atoms with Crippen molar-refractivity contribution in [3.05, 3.63) is 42.0 Å². The summed E-state index contributed by atoms with van der Waals surface area (Å²) in [7, 11) is 0. The molecule has 0 spiro atoms. The largest absolute Gasteiger partial charge is 0.491 e. The van der Waals surface area contributed by atoms with Gasteiger partial charge in [0.25, 0.3) is 0 Å². The van der Waals surface area contributed by atoms with E-state index < -0.39 is 30.1 Å². The molecule has 2 N–H and O–H groups in total. The number of rotatable bonds is 11. The molecule has 0 heterocycles. The first-order valence-electron chi connectivity index (χ1n) is 10.7. The van der Waals surface area contributed by atoms with E-state index in [9.17, 15) is 27.8 Å². The van der Waals surface area contributed by atoms with Crippen LogP contribution in [0.2, 0.25) is 0 Å². The molecule has 0 aliphatic heterocycles. The summed E-state index contributed by atoms with van der Waals surface area (Å²) >= 11 is 0. The highest BCUT2D eigenvalue weighted by atomic mass is 19.4. The summed E-state index contributed by atoms with van der Waals surface area (Å²) in [5.74, 6) is -0.351. The summed E-state index contributed by atoms with van der Waals surface area (Å²) in [6.07, 6.45) is 1.60. The van der Waals surface area contributed by atoms with E-state index in [1.165, 1.54) is 12.1 Å². The molecule has 2 rings (SSSR count). The van der Waals surface area contributed by atoms with Crippen LogP contribution in [0.25, 0.3) is 0 Å². The van der Waals surface area contributed by atoms with Crippen LogP contribution in [-0.4, -0.2) is 35.2 Å². The number of alkyl halides is 4. The highest BCUT2D eigenvalue weighted by Crippen LogP contribution is 2.38. The maximum absolute atomic E-state index is 14.3. The third kappa shape index (κ3) is 7.58. The number of allylic oxidation sites excluding steroid dienone is 2. The van der Waals surface area contributed by atoms with Gasteiger partial charge in [-0.05, 0) is 62.1 Å². The number of hydrogen-bond acceptors (Lipinski definition) is 3. The number of halogens is 4. The fourth-order valence-electron chi connectivity index (χ4n) is 4.00. The van der Waals surface area contributed by atoms with Gasteiger partial charge in [0.05, 0.1) is 17.8 Å². The maximum atomic E-state index is 14.3. The zero-order valence-corrected chi connectivity index (χ0v) is 17.3. The molecule has 3 nitrogen and oxygen atoms in total. The average Bonchev–Trinajstić information content (AvgIpc) is 2.96. The highest BCUT2D eigenvalue weighted by molar-refractivity contribution is 5.30. The minimum absolute atomic E-state index is 0.0288. The Morgan fingerprint density at radius 2 is 1.90 bits per heavy atom. The van der Waals surface area contributed by atoms with Gasteiger partial charge in [-0.2, -0.15) is 13.2 Å². The standard InChI is InChI=1S/C23H32F4O3/c1-2-3-4-5-6-10-19-20(22(29)14-21(19)28)12-11-17(24)15-30-18-9-7-8-16(13-18)23(25,26)27/h5-9,13,17,19-22,28-29H,2-4,10-12,14-15H2,1H3/b6-5-/t17-,19-,20-,21+,22-/m1/s1. The number of benzene rings is 1. The topological polar surface area (TPSA) is 49.7 Å². The number of aliphatic hydroxyl groups is 2. The maximum Gasteiger partial charge on any atom is 0.416 e. The van der Waals surface area contributed by atoms with E-state index in [4.69, 9.17) is 4.74 Å². The third-order valence-corrected chi connectivity index (χ3v) is 5.73. The second-order valence-electron chi connectivity index (χ2n) is 8.06. The van der Waals surface area contributed by atoms with Gasteiger partial charge in [0.2, 0.25) is 0 Å². The average molecular weight is 432 g/mol. The van der Waals surface area contributed by atoms with E-state index in [1.807, 2.05) is 6.08 Å². The Hall–Kier alpha value is -1.60. The van der Waals surface area contributed by atoms with Crippen molar-refractivity contribution in [3.8, 4) is 5.75 Å². The van der Waals surface area contributed by atoms with Crippen molar-refractivity contribution in [2.45, 2.75) is 76.4 Å². The van der Waals surface area contributed by atoms with Crippen molar-refractivity contribution in [2.75, 3.05) is 6.61 Å². The van der Waals surface area contributed by atoms with Crippen LogP contribution in [0.3, 0.4) is 0 Å². The Bertz CT molecular complexity index is 662. The summed E-state index contributed by atoms with van der Waals surface area (Å²) in [6, 6.07) is 4.37. The summed E-state index contributed by atoms with van der Waals surface area (Å²) in [4.78, 5) is 0. The zero-order valence-electron chi connectivity index (χ0n) is 17.3. The lowest BCUT2D eigenvalue weighted by atomic mass is 9.86. The molecule has 0 unspecified atom stereocenters.